The molecule has 0 radical (unpaired) electrons. The number of hydrogen-bond donors (Lipinski definition) is 1. The van der Waals surface area contributed by atoms with Crippen molar-refractivity contribution in [2.45, 2.75) is 70.9 Å². The van der Waals surface area contributed by atoms with Crippen molar-refractivity contribution in [2.75, 3.05) is 0 Å². The third-order valence-electron chi connectivity index (χ3n) is 6.41. The third kappa shape index (κ3) is 2.50. The SMILES string of the molecule is Cc1nn([C@@H](C)C(=O)NC23CC4CC(CC(C4)C2)C3)c(C)c1Cl. The molecule has 4 fully saturated rings. The van der Waals surface area contributed by atoms with Crippen LogP contribution >= 0.6 is 11.6 Å². The number of carbonyl (C=O) groups is 1. The number of hydrogen-bond acceptors (Lipinski definition) is 2. The van der Waals surface area contributed by atoms with Crippen LogP contribution in [-0.2, 0) is 4.79 Å². The lowest BCUT2D eigenvalue weighted by Gasteiger charge is -2.57. The summed E-state index contributed by atoms with van der Waals surface area (Å²) in [6.07, 6.45) is 7.69. The van der Waals surface area contributed by atoms with Crippen LogP contribution in [0, 0.1) is 31.6 Å². The molecule has 5 rings (SSSR count). The summed E-state index contributed by atoms with van der Waals surface area (Å²) < 4.78 is 1.77. The van der Waals surface area contributed by atoms with Crippen molar-refractivity contribution in [3.05, 3.63) is 16.4 Å². The molecule has 0 saturated heterocycles. The Morgan fingerprint density at radius 3 is 2.17 bits per heavy atom. The first kappa shape index (κ1) is 15.5. The van der Waals surface area contributed by atoms with Gasteiger partial charge in [0, 0.05) is 5.54 Å². The first-order chi connectivity index (χ1) is 10.9. The third-order valence-corrected chi connectivity index (χ3v) is 6.96. The molecule has 23 heavy (non-hydrogen) atoms. The van der Waals surface area contributed by atoms with Crippen LogP contribution in [0.2, 0.25) is 5.02 Å². The predicted octanol–water partition coefficient (Wildman–Crippen LogP) is 3.80. The minimum absolute atomic E-state index is 0.0555. The molecule has 0 aromatic carbocycles. The lowest BCUT2D eigenvalue weighted by atomic mass is 9.53. The summed E-state index contributed by atoms with van der Waals surface area (Å²) in [4.78, 5) is 12.9. The van der Waals surface area contributed by atoms with E-state index in [1.165, 1.54) is 38.5 Å². The van der Waals surface area contributed by atoms with Crippen LogP contribution in [0.4, 0.5) is 0 Å². The lowest BCUT2D eigenvalue weighted by Crippen LogP contribution is -2.60. The highest BCUT2D eigenvalue weighted by molar-refractivity contribution is 6.31. The molecule has 4 nitrogen and oxygen atoms in total. The number of halogens is 1. The molecule has 4 saturated carbocycles. The molecule has 4 aliphatic carbocycles. The molecule has 1 amide bonds. The van der Waals surface area contributed by atoms with Gasteiger partial charge in [0.05, 0.1) is 16.4 Å². The number of amides is 1. The second-order valence-electron chi connectivity index (χ2n) is 8.29. The van der Waals surface area contributed by atoms with Gasteiger partial charge in [-0.25, -0.2) is 0 Å². The molecule has 126 valence electrons. The Balaban J connectivity index is 1.52. The van der Waals surface area contributed by atoms with E-state index >= 15 is 0 Å². The molecule has 1 N–H and O–H groups in total. The van der Waals surface area contributed by atoms with E-state index in [0.29, 0.717) is 5.02 Å². The fraction of sp³-hybridized carbons (Fsp3) is 0.778. The molecule has 1 aromatic rings. The maximum absolute atomic E-state index is 12.9. The second-order valence-corrected chi connectivity index (χ2v) is 8.67. The summed E-state index contributed by atoms with van der Waals surface area (Å²) in [7, 11) is 0. The van der Waals surface area contributed by atoms with Crippen LogP contribution in [-0.4, -0.2) is 21.2 Å². The molecular formula is C18H26ClN3O. The average Bonchev–Trinajstić information content (AvgIpc) is 2.72. The van der Waals surface area contributed by atoms with Crippen molar-refractivity contribution < 1.29 is 4.79 Å². The van der Waals surface area contributed by atoms with E-state index in [-0.39, 0.29) is 17.5 Å². The zero-order valence-corrected chi connectivity index (χ0v) is 15.0. The maximum Gasteiger partial charge on any atom is 0.245 e. The molecule has 1 heterocycles. The van der Waals surface area contributed by atoms with Gasteiger partial charge in [-0.1, -0.05) is 11.6 Å². The monoisotopic (exact) mass is 335 g/mol. The van der Waals surface area contributed by atoms with Gasteiger partial charge in [-0.15, -0.1) is 0 Å². The van der Waals surface area contributed by atoms with E-state index in [1.54, 1.807) is 4.68 Å². The van der Waals surface area contributed by atoms with Crippen LogP contribution in [0.5, 0.6) is 0 Å². The Kier molecular flexibility index (Phi) is 3.53. The van der Waals surface area contributed by atoms with Gasteiger partial charge < -0.3 is 5.32 Å². The standard InChI is InChI=1S/C18H26ClN3O/c1-10-16(19)11(2)22(21-10)12(3)17(23)20-18-7-13-4-14(8-18)6-15(5-13)9-18/h12-15H,4-9H2,1-3H3,(H,20,23)/t12-,13?,14?,15?,18?/m0/s1. The summed E-state index contributed by atoms with van der Waals surface area (Å²) in [6.45, 7) is 5.73. The Morgan fingerprint density at radius 2 is 1.74 bits per heavy atom. The molecule has 0 aliphatic heterocycles. The lowest BCUT2D eigenvalue weighted by molar-refractivity contribution is -0.130. The first-order valence-electron chi connectivity index (χ1n) is 8.90. The zero-order valence-electron chi connectivity index (χ0n) is 14.2. The minimum Gasteiger partial charge on any atom is -0.349 e. The summed E-state index contributed by atoms with van der Waals surface area (Å²) in [5, 5.41) is 8.55. The number of aryl methyl sites for hydroxylation is 1. The molecule has 0 spiro atoms. The molecule has 0 unspecified atom stereocenters. The van der Waals surface area contributed by atoms with Crippen molar-refractivity contribution in [3.63, 3.8) is 0 Å². The Bertz CT molecular complexity index is 616. The zero-order chi connectivity index (χ0) is 16.4. The van der Waals surface area contributed by atoms with Gasteiger partial charge in [-0.05, 0) is 77.0 Å². The summed E-state index contributed by atoms with van der Waals surface area (Å²) >= 11 is 6.23. The fourth-order valence-corrected chi connectivity index (χ4v) is 5.88. The van der Waals surface area contributed by atoms with E-state index in [1.807, 2.05) is 20.8 Å². The average molecular weight is 336 g/mol. The van der Waals surface area contributed by atoms with Crippen molar-refractivity contribution in [1.82, 2.24) is 15.1 Å². The second kappa shape index (κ2) is 5.23. The summed E-state index contributed by atoms with van der Waals surface area (Å²) in [5.41, 5.74) is 1.72. The van der Waals surface area contributed by atoms with Gasteiger partial charge >= 0.3 is 0 Å². The molecule has 4 aliphatic rings. The minimum atomic E-state index is -0.311. The van der Waals surface area contributed by atoms with Gasteiger partial charge in [0.15, 0.2) is 0 Å². The highest BCUT2D eigenvalue weighted by atomic mass is 35.5. The number of nitrogens with one attached hydrogen (secondary N) is 1. The quantitative estimate of drug-likeness (QED) is 0.913. The number of aromatic nitrogens is 2. The summed E-state index contributed by atoms with van der Waals surface area (Å²) in [5.74, 6) is 2.59. The van der Waals surface area contributed by atoms with Gasteiger partial charge in [0.1, 0.15) is 6.04 Å². The highest BCUT2D eigenvalue weighted by Crippen LogP contribution is 2.55. The molecule has 1 atom stereocenters. The largest absolute Gasteiger partial charge is 0.349 e. The predicted molar refractivity (Wildman–Crippen MR) is 90.5 cm³/mol. The number of carbonyl (C=O) groups excluding carboxylic acids is 1. The smallest absolute Gasteiger partial charge is 0.245 e. The molecule has 1 aromatic heterocycles. The Hall–Kier alpha value is -1.03. The van der Waals surface area contributed by atoms with E-state index in [0.717, 1.165) is 29.1 Å². The van der Waals surface area contributed by atoms with Crippen molar-refractivity contribution >= 4 is 17.5 Å². The molecular weight excluding hydrogens is 310 g/mol. The highest BCUT2D eigenvalue weighted by Gasteiger charge is 2.51. The van der Waals surface area contributed by atoms with Crippen molar-refractivity contribution in [1.29, 1.82) is 0 Å². The van der Waals surface area contributed by atoms with E-state index in [2.05, 4.69) is 10.4 Å². The van der Waals surface area contributed by atoms with Crippen molar-refractivity contribution in [3.8, 4) is 0 Å². The maximum atomic E-state index is 12.9. The van der Waals surface area contributed by atoms with Gasteiger partial charge in [0.25, 0.3) is 0 Å². The number of nitrogens with zero attached hydrogens (tertiary/aromatic N) is 2. The van der Waals surface area contributed by atoms with E-state index in [4.69, 9.17) is 11.6 Å². The van der Waals surface area contributed by atoms with Crippen LogP contribution in [0.25, 0.3) is 0 Å². The Labute approximate surface area is 143 Å². The van der Waals surface area contributed by atoms with Crippen LogP contribution in [0.15, 0.2) is 0 Å². The Morgan fingerprint density at radius 1 is 1.22 bits per heavy atom. The number of rotatable bonds is 3. The van der Waals surface area contributed by atoms with E-state index in [9.17, 15) is 4.79 Å². The van der Waals surface area contributed by atoms with Crippen LogP contribution in [0.3, 0.4) is 0 Å². The first-order valence-corrected chi connectivity index (χ1v) is 9.28. The fourth-order valence-electron chi connectivity index (χ4n) is 5.76. The topological polar surface area (TPSA) is 46.9 Å². The van der Waals surface area contributed by atoms with E-state index < -0.39 is 0 Å². The summed E-state index contributed by atoms with van der Waals surface area (Å²) in [6, 6.07) is -0.311. The normalized spacial score (nSPS) is 36.3. The molecule has 5 heteroatoms. The van der Waals surface area contributed by atoms with Gasteiger partial charge in [-0.2, -0.15) is 5.10 Å². The van der Waals surface area contributed by atoms with Gasteiger partial charge in [0.2, 0.25) is 5.91 Å². The van der Waals surface area contributed by atoms with Gasteiger partial charge in [-0.3, -0.25) is 9.48 Å². The van der Waals surface area contributed by atoms with Crippen molar-refractivity contribution in [2.24, 2.45) is 17.8 Å². The molecule has 4 bridgehead atoms. The van der Waals surface area contributed by atoms with Crippen LogP contribution in [0.1, 0.15) is 62.9 Å². The van der Waals surface area contributed by atoms with Crippen LogP contribution < -0.4 is 5.32 Å².